The second-order valence-electron chi connectivity index (χ2n) is 6.43. The Morgan fingerprint density at radius 1 is 1.22 bits per heavy atom. The molecule has 100 valence electrons. The van der Waals surface area contributed by atoms with E-state index in [-0.39, 0.29) is 17.6 Å². The van der Waals surface area contributed by atoms with Gasteiger partial charge >= 0.3 is 0 Å². The van der Waals surface area contributed by atoms with Crippen molar-refractivity contribution in [3.8, 4) is 5.75 Å². The Labute approximate surface area is 111 Å². The van der Waals surface area contributed by atoms with Gasteiger partial charge in [0.25, 0.3) is 0 Å². The number of hydrogen-bond donors (Lipinski definition) is 1. The van der Waals surface area contributed by atoms with E-state index in [4.69, 9.17) is 10.5 Å². The minimum atomic E-state index is 0.127. The predicted octanol–water partition coefficient (Wildman–Crippen LogP) is 3.70. The van der Waals surface area contributed by atoms with Crippen LogP contribution in [0.4, 0.5) is 0 Å². The quantitative estimate of drug-likeness (QED) is 0.883. The first-order chi connectivity index (χ1) is 8.40. The van der Waals surface area contributed by atoms with Crippen LogP contribution in [0, 0.1) is 5.41 Å². The average Bonchev–Trinajstić information content (AvgIpc) is 2.57. The fourth-order valence-corrected chi connectivity index (χ4v) is 2.60. The van der Waals surface area contributed by atoms with Crippen molar-refractivity contribution in [2.75, 3.05) is 0 Å². The van der Waals surface area contributed by atoms with Crippen LogP contribution in [0.15, 0.2) is 24.3 Å². The monoisotopic (exact) mass is 247 g/mol. The molecule has 0 spiro atoms. The summed E-state index contributed by atoms with van der Waals surface area (Å²) in [6, 6.07) is 8.54. The van der Waals surface area contributed by atoms with Gasteiger partial charge in [0.1, 0.15) is 11.9 Å². The van der Waals surface area contributed by atoms with Crippen LogP contribution in [0.3, 0.4) is 0 Å². The molecule has 1 aliphatic carbocycles. The van der Waals surface area contributed by atoms with Gasteiger partial charge in [-0.05, 0) is 41.9 Å². The largest absolute Gasteiger partial charge is 0.489 e. The summed E-state index contributed by atoms with van der Waals surface area (Å²) in [5, 5.41) is 0. The highest BCUT2D eigenvalue weighted by Gasteiger charge is 2.40. The fourth-order valence-electron chi connectivity index (χ4n) is 2.60. The Morgan fingerprint density at radius 2 is 1.83 bits per heavy atom. The zero-order valence-corrected chi connectivity index (χ0v) is 11.9. The van der Waals surface area contributed by atoms with Gasteiger partial charge in [0.05, 0.1) is 0 Å². The minimum Gasteiger partial charge on any atom is -0.489 e. The van der Waals surface area contributed by atoms with Gasteiger partial charge in [0.2, 0.25) is 0 Å². The molecule has 2 nitrogen and oxygen atoms in total. The minimum absolute atomic E-state index is 0.127. The molecule has 1 fully saturated rings. The first-order valence-corrected chi connectivity index (χ1v) is 6.92. The van der Waals surface area contributed by atoms with E-state index in [1.54, 1.807) is 0 Å². The molecule has 1 aliphatic rings. The van der Waals surface area contributed by atoms with Crippen LogP contribution in [0.25, 0.3) is 0 Å². The Bertz CT molecular complexity index is 394. The van der Waals surface area contributed by atoms with Crippen molar-refractivity contribution in [1.82, 2.24) is 0 Å². The number of ether oxygens (including phenoxy) is 1. The molecule has 0 heterocycles. The van der Waals surface area contributed by atoms with Crippen LogP contribution < -0.4 is 10.5 Å². The molecular formula is C16H25NO. The summed E-state index contributed by atoms with van der Waals surface area (Å²) in [6.07, 6.45) is 2.35. The van der Waals surface area contributed by atoms with Crippen molar-refractivity contribution in [3.63, 3.8) is 0 Å². The molecule has 0 aromatic heterocycles. The normalized spacial score (nSPS) is 26.6. The first-order valence-electron chi connectivity index (χ1n) is 6.92. The van der Waals surface area contributed by atoms with Crippen LogP contribution in [0.2, 0.25) is 0 Å². The summed E-state index contributed by atoms with van der Waals surface area (Å²) in [5.74, 6) is 1.50. The second-order valence-corrected chi connectivity index (χ2v) is 6.43. The highest BCUT2D eigenvalue weighted by atomic mass is 16.5. The van der Waals surface area contributed by atoms with Gasteiger partial charge in [-0.3, -0.25) is 0 Å². The van der Waals surface area contributed by atoms with Crippen LogP contribution in [-0.4, -0.2) is 12.1 Å². The lowest BCUT2D eigenvalue weighted by Gasteiger charge is -2.27. The summed E-state index contributed by atoms with van der Waals surface area (Å²) >= 11 is 0. The highest BCUT2D eigenvalue weighted by molar-refractivity contribution is 5.29. The maximum atomic E-state index is 6.26. The molecule has 0 radical (unpaired) electrons. The molecule has 2 N–H and O–H groups in total. The summed E-state index contributed by atoms with van der Waals surface area (Å²) < 4.78 is 6.03. The van der Waals surface area contributed by atoms with Crippen molar-refractivity contribution < 1.29 is 4.74 Å². The van der Waals surface area contributed by atoms with E-state index >= 15 is 0 Å². The first kappa shape index (κ1) is 13.4. The van der Waals surface area contributed by atoms with Crippen LogP contribution in [0.1, 0.15) is 52.0 Å². The van der Waals surface area contributed by atoms with E-state index in [1.165, 1.54) is 5.56 Å². The summed E-state index contributed by atoms with van der Waals surface area (Å²) in [7, 11) is 0. The summed E-state index contributed by atoms with van der Waals surface area (Å²) in [5.41, 5.74) is 7.80. The SMILES string of the molecule is CC(C)c1ccc(OC2CCC(C)(C)C2N)cc1. The number of benzene rings is 1. The molecule has 18 heavy (non-hydrogen) atoms. The van der Waals surface area contributed by atoms with Gasteiger partial charge in [-0.2, -0.15) is 0 Å². The Kier molecular flexibility index (Phi) is 3.67. The van der Waals surface area contributed by atoms with Crippen molar-refractivity contribution in [2.45, 2.75) is 58.6 Å². The molecule has 2 heteroatoms. The topological polar surface area (TPSA) is 35.2 Å². The van der Waals surface area contributed by atoms with E-state index in [1.807, 2.05) is 0 Å². The molecule has 1 saturated carbocycles. The Hall–Kier alpha value is -1.02. The summed E-state index contributed by atoms with van der Waals surface area (Å²) in [4.78, 5) is 0. The van der Waals surface area contributed by atoms with E-state index in [0.29, 0.717) is 5.92 Å². The van der Waals surface area contributed by atoms with Gasteiger partial charge in [-0.1, -0.05) is 39.8 Å². The number of hydrogen-bond acceptors (Lipinski definition) is 2. The predicted molar refractivity (Wildman–Crippen MR) is 75.9 cm³/mol. The fraction of sp³-hybridized carbons (Fsp3) is 0.625. The third kappa shape index (κ3) is 2.69. The van der Waals surface area contributed by atoms with Gasteiger partial charge in [0.15, 0.2) is 0 Å². The summed E-state index contributed by atoms with van der Waals surface area (Å²) in [6.45, 7) is 8.85. The molecule has 2 unspecified atom stereocenters. The number of rotatable bonds is 3. The second kappa shape index (κ2) is 4.93. The third-order valence-electron chi connectivity index (χ3n) is 4.21. The zero-order valence-electron chi connectivity index (χ0n) is 11.9. The molecule has 2 rings (SSSR count). The standard InChI is InChI=1S/C16H25NO/c1-11(2)12-5-7-13(8-6-12)18-14-9-10-16(3,4)15(14)17/h5-8,11,14-15H,9-10,17H2,1-4H3. The van der Waals surface area contributed by atoms with Crippen molar-refractivity contribution in [3.05, 3.63) is 29.8 Å². The highest BCUT2D eigenvalue weighted by Crippen LogP contribution is 2.38. The zero-order chi connectivity index (χ0) is 13.3. The molecule has 0 aliphatic heterocycles. The molecule has 0 amide bonds. The lowest BCUT2D eigenvalue weighted by molar-refractivity contribution is 0.165. The van der Waals surface area contributed by atoms with Gasteiger partial charge in [0, 0.05) is 6.04 Å². The van der Waals surface area contributed by atoms with Crippen LogP contribution in [-0.2, 0) is 0 Å². The molecule has 2 atom stereocenters. The van der Waals surface area contributed by atoms with Gasteiger partial charge in [-0.25, -0.2) is 0 Å². The van der Waals surface area contributed by atoms with E-state index in [0.717, 1.165) is 18.6 Å². The van der Waals surface area contributed by atoms with Crippen molar-refractivity contribution in [2.24, 2.45) is 11.1 Å². The Balaban J connectivity index is 2.02. The Morgan fingerprint density at radius 3 is 2.28 bits per heavy atom. The van der Waals surface area contributed by atoms with Crippen LogP contribution in [0.5, 0.6) is 5.75 Å². The van der Waals surface area contributed by atoms with Gasteiger partial charge < -0.3 is 10.5 Å². The maximum absolute atomic E-state index is 6.26. The molecule has 0 bridgehead atoms. The third-order valence-corrected chi connectivity index (χ3v) is 4.21. The number of nitrogens with two attached hydrogens (primary N) is 1. The van der Waals surface area contributed by atoms with E-state index in [2.05, 4.69) is 52.0 Å². The lowest BCUT2D eigenvalue weighted by Crippen LogP contribution is -2.42. The lowest BCUT2D eigenvalue weighted by atomic mass is 9.88. The average molecular weight is 247 g/mol. The smallest absolute Gasteiger partial charge is 0.119 e. The molecule has 0 saturated heterocycles. The molecular weight excluding hydrogens is 222 g/mol. The maximum Gasteiger partial charge on any atom is 0.119 e. The van der Waals surface area contributed by atoms with Crippen molar-refractivity contribution >= 4 is 0 Å². The van der Waals surface area contributed by atoms with E-state index in [9.17, 15) is 0 Å². The molecule has 1 aromatic rings. The van der Waals surface area contributed by atoms with Crippen molar-refractivity contribution in [1.29, 1.82) is 0 Å². The van der Waals surface area contributed by atoms with Crippen LogP contribution >= 0.6 is 0 Å². The van der Waals surface area contributed by atoms with E-state index < -0.39 is 0 Å². The molecule has 1 aromatic carbocycles. The van der Waals surface area contributed by atoms with Gasteiger partial charge in [-0.15, -0.1) is 0 Å².